The Balaban J connectivity index is -0.000000732. The molecule has 0 saturated heterocycles. The number of carbonyl (C=O) groups excluding carboxylic acids is 16. The number of esters is 6. The normalized spacial score (nSPS) is 13.1. The molecule has 9 N–H and O–H groups in total. The smallest absolute Gasteiger partial charge is 0.406 e. The lowest BCUT2D eigenvalue weighted by Crippen LogP contribution is -2.47. The number of alkyl carbamates (subject to hydrolysis) is 5. The molecule has 0 radical (unpaired) electrons. The lowest BCUT2D eigenvalue weighted by atomic mass is 9.72. The van der Waals surface area contributed by atoms with Crippen LogP contribution in [-0.4, -0.2) is 341 Å². The van der Waals surface area contributed by atoms with Crippen LogP contribution in [0.2, 0.25) is 0 Å². The third-order valence-corrected chi connectivity index (χ3v) is 17.9. The molecule has 0 bridgehead atoms. The lowest BCUT2D eigenvalue weighted by molar-refractivity contribution is -0.180. The van der Waals surface area contributed by atoms with E-state index in [4.69, 9.17) is 86.4 Å². The summed E-state index contributed by atoms with van der Waals surface area (Å²) in [6.45, 7) is 11.5. The second-order valence-electron chi connectivity index (χ2n) is 27.3. The van der Waals surface area contributed by atoms with Crippen LogP contribution in [0.1, 0.15) is 144 Å². The number of rotatable bonds is 62. The number of thioether (sulfide) groups is 1. The standard InChI is InChI=1S/C20H37N3O8.C17H28O8S.C16H23NO8.C14H27N3O7.C12H25NO5/c1-21-17(25)29-11-5-8-20(14-16(24)15-28-4,9-6-12-30-18(26)22-2)10-7-13-31-19(27)23-3;1-13(18)23-9-17(10-24-14(2)19,11-25-15(3)20)12-26-7-5-6-16(21)8-22-4;1-9(18)23-14-7-12(13(21)5-4-6-22-17)8-15(24-10(2)19)16(14)25-11(3)20;1-21-7-5-4-6-15-12(18)10-24-11(8-16-13(19)22-2)9-17-14(20)23-3;1-15-7-5-4-6-13-12(14)10-18-11(8-16-2)9-17-3/h5-15H2,1-4H3,(H,21,25)(H,22,26)(H,23,27);5-12H2,1-4H3;7,14-16H,4-6,8,17H2,1-3H3;11H,4-10H2,1-3H3,(H,15,18)(H,16,19)(H,17,20);11H,4-10H2,1-3H3,(H,13,14)/t;;14-,15-,16-;;/m..1../s1. The van der Waals surface area contributed by atoms with Crippen LogP contribution in [-0.2, 0) is 148 Å². The predicted molar refractivity (Wildman–Crippen MR) is 445 cm³/mol. The number of nitrogens with two attached hydrogens (primary N) is 1. The third kappa shape index (κ3) is 72.1. The van der Waals surface area contributed by atoms with Crippen molar-refractivity contribution in [3.63, 3.8) is 0 Å². The zero-order valence-electron chi connectivity index (χ0n) is 75.3. The molecular formula is C79H140N8O36S. The molecule has 1 aliphatic carbocycles. The highest BCUT2D eigenvalue weighted by Gasteiger charge is 2.42. The summed E-state index contributed by atoms with van der Waals surface area (Å²) in [5.41, 5.74) is -0.942. The van der Waals surface area contributed by atoms with Gasteiger partial charge in [0, 0.05) is 176 Å². The first-order valence-corrected chi connectivity index (χ1v) is 41.2. The van der Waals surface area contributed by atoms with Crippen LogP contribution >= 0.6 is 11.8 Å². The van der Waals surface area contributed by atoms with Crippen LogP contribution in [0.25, 0.3) is 0 Å². The van der Waals surface area contributed by atoms with E-state index in [1.807, 2.05) is 0 Å². The van der Waals surface area contributed by atoms with Crippen molar-refractivity contribution in [2.45, 2.75) is 175 Å². The van der Waals surface area contributed by atoms with Crippen LogP contribution in [0.15, 0.2) is 11.6 Å². The largest absolute Gasteiger partial charge is 0.465 e. The van der Waals surface area contributed by atoms with Gasteiger partial charge in [-0.3, -0.25) is 52.7 Å². The number of amides is 7. The average Bonchev–Trinajstić information content (AvgIpc) is 0.804. The molecule has 0 aromatic carbocycles. The highest BCUT2D eigenvalue weighted by atomic mass is 32.2. The van der Waals surface area contributed by atoms with E-state index in [0.29, 0.717) is 108 Å². The van der Waals surface area contributed by atoms with Crippen molar-refractivity contribution < 1.29 is 172 Å². The fraction of sp³-hybridized carbons (Fsp3) is 0.772. The van der Waals surface area contributed by atoms with Gasteiger partial charge in [0.05, 0.1) is 65.4 Å². The Labute approximate surface area is 731 Å². The molecule has 0 heterocycles. The first kappa shape index (κ1) is 121. The third-order valence-electron chi connectivity index (χ3n) is 16.5. The van der Waals surface area contributed by atoms with E-state index in [-0.39, 0.29) is 140 Å². The molecule has 44 nitrogen and oxygen atoms in total. The lowest BCUT2D eigenvalue weighted by Gasteiger charge is -2.34. The topological polar surface area (TPSA) is 568 Å². The molecule has 0 saturated carbocycles. The van der Waals surface area contributed by atoms with Crippen molar-refractivity contribution in [3.05, 3.63) is 11.6 Å². The Morgan fingerprint density at radius 2 is 0.855 bits per heavy atom. The molecular weight excluding hydrogens is 1670 g/mol. The Morgan fingerprint density at radius 3 is 1.23 bits per heavy atom. The van der Waals surface area contributed by atoms with Crippen LogP contribution in [0, 0.1) is 10.8 Å². The summed E-state index contributed by atoms with van der Waals surface area (Å²) in [6.07, 6.45) is 3.79. The summed E-state index contributed by atoms with van der Waals surface area (Å²) in [5, 5.41) is 17.5. The van der Waals surface area contributed by atoms with Gasteiger partial charge in [-0.15, -0.1) is 0 Å². The molecule has 0 aliphatic heterocycles. The van der Waals surface area contributed by atoms with Crippen molar-refractivity contribution in [1.82, 2.24) is 37.2 Å². The number of hydrogen-bond acceptors (Lipinski definition) is 38. The number of ketones is 3. The van der Waals surface area contributed by atoms with E-state index in [2.05, 4.69) is 51.5 Å². The number of carbonyl (C=O) groups is 16. The van der Waals surface area contributed by atoms with Gasteiger partial charge in [-0.05, 0) is 99.9 Å². The zero-order valence-corrected chi connectivity index (χ0v) is 76.1. The van der Waals surface area contributed by atoms with Crippen molar-refractivity contribution in [2.75, 3.05) is 215 Å². The second-order valence-corrected chi connectivity index (χ2v) is 28.4. The molecule has 0 aromatic rings. The Bertz CT molecular complexity index is 2930. The minimum atomic E-state index is -1.02. The van der Waals surface area contributed by atoms with Crippen LogP contribution in [0.3, 0.4) is 0 Å². The van der Waals surface area contributed by atoms with E-state index < -0.39 is 102 Å². The van der Waals surface area contributed by atoms with Gasteiger partial charge >= 0.3 is 66.3 Å². The fourth-order valence-electron chi connectivity index (χ4n) is 10.7. The maximum atomic E-state index is 12.4. The summed E-state index contributed by atoms with van der Waals surface area (Å²) < 4.78 is 95.1. The Morgan fingerprint density at radius 1 is 0.427 bits per heavy atom. The van der Waals surface area contributed by atoms with Gasteiger partial charge in [-0.1, -0.05) is 0 Å². The fourth-order valence-corrected chi connectivity index (χ4v) is 11.9. The second kappa shape index (κ2) is 79.7. The van der Waals surface area contributed by atoms with Gasteiger partial charge in [0.15, 0.2) is 29.6 Å². The van der Waals surface area contributed by atoms with E-state index in [1.54, 1.807) is 28.4 Å². The van der Waals surface area contributed by atoms with Crippen LogP contribution < -0.4 is 43.1 Å². The Hall–Kier alpha value is -9.19. The molecule has 718 valence electrons. The van der Waals surface area contributed by atoms with E-state index in [1.165, 1.54) is 109 Å². The van der Waals surface area contributed by atoms with Crippen molar-refractivity contribution in [3.8, 4) is 0 Å². The molecule has 7 amide bonds. The monoisotopic (exact) mass is 1810 g/mol. The summed E-state index contributed by atoms with van der Waals surface area (Å²) >= 11 is 1.51. The molecule has 0 spiro atoms. The maximum absolute atomic E-state index is 12.4. The maximum Gasteiger partial charge on any atom is 0.406 e. The van der Waals surface area contributed by atoms with E-state index >= 15 is 0 Å². The molecule has 124 heavy (non-hydrogen) atoms. The van der Waals surface area contributed by atoms with Crippen molar-refractivity contribution >= 4 is 107 Å². The van der Waals surface area contributed by atoms with Gasteiger partial charge < -0.3 is 132 Å². The molecule has 0 fully saturated rings. The van der Waals surface area contributed by atoms with Gasteiger partial charge in [-0.25, -0.2) is 29.9 Å². The molecule has 1 aliphatic rings. The predicted octanol–water partition coefficient (Wildman–Crippen LogP) is 3.56. The van der Waals surface area contributed by atoms with Gasteiger partial charge in [0.2, 0.25) is 11.8 Å². The molecule has 0 aromatic heterocycles. The number of nitrogens with one attached hydrogen (secondary N) is 7. The number of ether oxygens (including phenoxy) is 19. The zero-order chi connectivity index (χ0) is 94.4. The van der Waals surface area contributed by atoms with Gasteiger partial charge in [0.1, 0.15) is 58.5 Å². The van der Waals surface area contributed by atoms with Crippen molar-refractivity contribution in [1.29, 1.82) is 0 Å². The first-order valence-electron chi connectivity index (χ1n) is 40.0. The van der Waals surface area contributed by atoms with E-state index in [0.717, 1.165) is 32.3 Å². The minimum absolute atomic E-state index is 0.0000279. The SMILES string of the molecule is CC(=O)O[C@@H]1[C@H](OC(C)=O)C=C(C(=O)CCCON)C[C@H]1OC(C)=O.CNC(=O)OCCCC(CCCOC(=O)NC)(CCCOC(=O)NC)CC(=O)COC.COCC(=O)CCCSCC(COC(C)=O)(COC(C)=O)COC(C)=O.COCCCCNC(=O)COC(CNC(=O)OC)CNC(=O)OC.COCCCCNC(=O)COC(COC)COC. The summed E-state index contributed by atoms with van der Waals surface area (Å²) in [7, 11) is 16.3. The van der Waals surface area contributed by atoms with Gasteiger partial charge in [-0.2, -0.15) is 11.8 Å². The Kier molecular flexibility index (Phi) is 77.8. The van der Waals surface area contributed by atoms with Crippen molar-refractivity contribution in [2.24, 2.45) is 16.7 Å². The average molecular weight is 1810 g/mol. The molecule has 3 atom stereocenters. The highest BCUT2D eigenvalue weighted by Crippen LogP contribution is 2.39. The number of methoxy groups -OCH3 is 8. The number of hydrogen-bond donors (Lipinski definition) is 8. The molecule has 45 heteroatoms. The van der Waals surface area contributed by atoms with Crippen LogP contribution in [0.4, 0.5) is 24.0 Å². The summed E-state index contributed by atoms with van der Waals surface area (Å²) in [4.78, 5) is 187. The number of Topliss-reactive ketones (excluding diaryl/α,β-unsaturated/α-hetero) is 3. The summed E-state index contributed by atoms with van der Waals surface area (Å²) in [6, 6.07) is 0. The quantitative estimate of drug-likeness (QED) is 0.0187. The highest BCUT2D eigenvalue weighted by molar-refractivity contribution is 7.99. The van der Waals surface area contributed by atoms with Crippen LogP contribution in [0.5, 0.6) is 0 Å². The van der Waals surface area contributed by atoms with Gasteiger partial charge in [0.25, 0.3) is 0 Å². The first-order chi connectivity index (χ1) is 59.0. The molecule has 1 rings (SSSR count). The minimum Gasteiger partial charge on any atom is -0.465 e. The summed E-state index contributed by atoms with van der Waals surface area (Å²) in [5.74, 6) is 2.11. The van der Waals surface area contributed by atoms with E-state index in [9.17, 15) is 76.7 Å². The number of unbranched alkanes of at least 4 members (excludes halogenated alkanes) is 2. The molecule has 0 unspecified atom stereocenters.